The number of hydrogen-bond acceptors (Lipinski definition) is 6. The molecule has 2 aromatic heterocycles. The van der Waals surface area contributed by atoms with Crippen molar-refractivity contribution < 1.29 is 9.47 Å². The lowest BCUT2D eigenvalue weighted by atomic mass is 10.3. The highest BCUT2D eigenvalue weighted by atomic mass is 32.1. The van der Waals surface area contributed by atoms with Crippen LogP contribution >= 0.6 is 11.3 Å². The maximum absolute atomic E-state index is 11.2. The van der Waals surface area contributed by atoms with Crippen molar-refractivity contribution in [2.24, 2.45) is 0 Å². The van der Waals surface area contributed by atoms with Gasteiger partial charge in [0.1, 0.15) is 6.61 Å². The number of fused-ring (bicyclic) bond motifs is 2. The van der Waals surface area contributed by atoms with E-state index < -0.39 is 0 Å². The van der Waals surface area contributed by atoms with Gasteiger partial charge in [-0.15, -0.1) is 0 Å². The van der Waals surface area contributed by atoms with Crippen LogP contribution in [0.3, 0.4) is 0 Å². The van der Waals surface area contributed by atoms with Gasteiger partial charge in [-0.25, -0.2) is 4.98 Å². The molecule has 0 bridgehead atoms. The standard InChI is InChI=1S/C14H11N3O3S/c18-12-5-6-17-7-9(20-13(17)16-12)8-19-14-15-10-3-1-2-4-11(10)21-14/h1-6,9H,7-8H2/t9-/m0/s1. The molecule has 1 aromatic carbocycles. The first-order valence-electron chi connectivity index (χ1n) is 6.50. The number of hydrogen-bond donors (Lipinski definition) is 0. The van der Waals surface area contributed by atoms with Crippen LogP contribution in [0.1, 0.15) is 0 Å². The molecule has 0 unspecified atom stereocenters. The number of para-hydroxylation sites is 1. The molecule has 0 radical (unpaired) electrons. The zero-order valence-corrected chi connectivity index (χ0v) is 11.7. The van der Waals surface area contributed by atoms with Gasteiger partial charge in [0, 0.05) is 12.3 Å². The maximum atomic E-state index is 11.2. The molecule has 4 rings (SSSR count). The fourth-order valence-corrected chi connectivity index (χ4v) is 3.04. The Morgan fingerprint density at radius 1 is 1.33 bits per heavy atom. The van der Waals surface area contributed by atoms with Crippen molar-refractivity contribution in [3.8, 4) is 11.2 Å². The van der Waals surface area contributed by atoms with E-state index in [9.17, 15) is 4.79 Å². The largest absolute Gasteiger partial charge is 0.466 e. The van der Waals surface area contributed by atoms with Gasteiger partial charge in [0.25, 0.3) is 16.8 Å². The molecule has 0 N–H and O–H groups in total. The Morgan fingerprint density at radius 2 is 2.24 bits per heavy atom. The second kappa shape index (κ2) is 4.85. The summed E-state index contributed by atoms with van der Waals surface area (Å²) in [5.41, 5.74) is 0.633. The number of benzene rings is 1. The highest BCUT2D eigenvalue weighted by Crippen LogP contribution is 2.28. The Labute approximate surface area is 123 Å². The third-order valence-electron chi connectivity index (χ3n) is 3.19. The van der Waals surface area contributed by atoms with Crippen LogP contribution in [0.15, 0.2) is 41.3 Å². The predicted molar refractivity (Wildman–Crippen MR) is 78.0 cm³/mol. The van der Waals surface area contributed by atoms with Gasteiger partial charge >= 0.3 is 0 Å². The van der Waals surface area contributed by atoms with E-state index in [1.165, 1.54) is 17.4 Å². The number of nitrogens with zero attached hydrogens (tertiary/aromatic N) is 3. The Bertz CT molecular complexity index is 825. The van der Waals surface area contributed by atoms with Gasteiger partial charge in [0.05, 0.1) is 16.8 Å². The Hall–Kier alpha value is -2.41. The van der Waals surface area contributed by atoms with Crippen LogP contribution in [0.5, 0.6) is 11.2 Å². The van der Waals surface area contributed by atoms with Crippen molar-refractivity contribution in [3.63, 3.8) is 0 Å². The molecule has 0 fully saturated rings. The number of aromatic nitrogens is 3. The van der Waals surface area contributed by atoms with Crippen molar-refractivity contribution in [3.05, 3.63) is 46.9 Å². The summed E-state index contributed by atoms with van der Waals surface area (Å²) in [5.74, 6) is 0. The summed E-state index contributed by atoms with van der Waals surface area (Å²) >= 11 is 1.51. The van der Waals surface area contributed by atoms with Crippen LogP contribution in [0.4, 0.5) is 0 Å². The average molecular weight is 301 g/mol. The third-order valence-corrected chi connectivity index (χ3v) is 4.14. The van der Waals surface area contributed by atoms with E-state index in [1.54, 1.807) is 10.8 Å². The Kier molecular flexibility index (Phi) is 2.85. The Morgan fingerprint density at radius 3 is 3.14 bits per heavy atom. The zero-order valence-electron chi connectivity index (χ0n) is 10.9. The first-order chi connectivity index (χ1) is 10.3. The lowest BCUT2D eigenvalue weighted by molar-refractivity contribution is 0.143. The molecular formula is C14H11N3O3S. The molecular weight excluding hydrogens is 290 g/mol. The van der Waals surface area contributed by atoms with Crippen molar-refractivity contribution in [2.45, 2.75) is 12.6 Å². The van der Waals surface area contributed by atoms with Crippen molar-refractivity contribution in [1.29, 1.82) is 0 Å². The molecule has 21 heavy (non-hydrogen) atoms. The first kappa shape index (κ1) is 12.3. The molecule has 0 spiro atoms. The quantitative estimate of drug-likeness (QED) is 0.736. The lowest BCUT2D eigenvalue weighted by Crippen LogP contribution is -2.23. The minimum Gasteiger partial charge on any atom is -0.466 e. The van der Waals surface area contributed by atoms with Crippen LogP contribution in [0.25, 0.3) is 10.2 Å². The van der Waals surface area contributed by atoms with Gasteiger partial charge in [0.2, 0.25) is 0 Å². The zero-order chi connectivity index (χ0) is 14.2. The van der Waals surface area contributed by atoms with Crippen LogP contribution < -0.4 is 15.0 Å². The van der Waals surface area contributed by atoms with Gasteiger partial charge in [-0.1, -0.05) is 23.5 Å². The molecule has 1 aliphatic heterocycles. The topological polar surface area (TPSA) is 66.2 Å². The van der Waals surface area contributed by atoms with E-state index in [0.29, 0.717) is 24.4 Å². The van der Waals surface area contributed by atoms with Crippen LogP contribution in [-0.4, -0.2) is 27.2 Å². The lowest BCUT2D eigenvalue weighted by Gasteiger charge is -2.08. The van der Waals surface area contributed by atoms with Crippen molar-refractivity contribution in [1.82, 2.24) is 14.5 Å². The number of ether oxygens (including phenoxy) is 2. The molecule has 0 amide bonds. The van der Waals surface area contributed by atoms with Crippen LogP contribution in [0, 0.1) is 0 Å². The molecule has 0 saturated carbocycles. The molecule has 106 valence electrons. The molecule has 1 atom stereocenters. The van der Waals surface area contributed by atoms with Gasteiger partial charge < -0.3 is 9.47 Å². The monoisotopic (exact) mass is 301 g/mol. The summed E-state index contributed by atoms with van der Waals surface area (Å²) in [5, 5.41) is 0.623. The molecule has 3 aromatic rings. The summed E-state index contributed by atoms with van der Waals surface area (Å²) in [6.07, 6.45) is 1.52. The fraction of sp³-hybridized carbons (Fsp3) is 0.214. The van der Waals surface area contributed by atoms with Crippen molar-refractivity contribution >= 4 is 21.6 Å². The molecule has 3 heterocycles. The summed E-state index contributed by atoms with van der Waals surface area (Å²) < 4.78 is 14.2. The Balaban J connectivity index is 1.45. The normalized spacial score (nSPS) is 16.7. The van der Waals surface area contributed by atoms with Gasteiger partial charge in [0.15, 0.2) is 6.10 Å². The van der Waals surface area contributed by atoms with E-state index in [1.807, 2.05) is 24.3 Å². The minimum absolute atomic E-state index is 0.161. The molecule has 7 heteroatoms. The summed E-state index contributed by atoms with van der Waals surface area (Å²) in [4.78, 5) is 19.4. The number of thiazole rings is 1. The molecule has 1 aliphatic rings. The summed E-state index contributed by atoms with van der Waals surface area (Å²) in [6, 6.07) is 9.66. The maximum Gasteiger partial charge on any atom is 0.300 e. The van der Waals surface area contributed by atoms with Gasteiger partial charge in [-0.2, -0.15) is 4.98 Å². The summed E-state index contributed by atoms with van der Waals surface area (Å²) in [7, 11) is 0. The van der Waals surface area contributed by atoms with Crippen LogP contribution in [0.2, 0.25) is 0 Å². The highest BCUT2D eigenvalue weighted by molar-refractivity contribution is 7.20. The molecule has 0 aliphatic carbocycles. The first-order valence-corrected chi connectivity index (χ1v) is 7.32. The van der Waals surface area contributed by atoms with Crippen LogP contribution in [-0.2, 0) is 6.54 Å². The van der Waals surface area contributed by atoms with Gasteiger partial charge in [-0.3, -0.25) is 9.36 Å². The fourth-order valence-electron chi connectivity index (χ4n) is 2.22. The van der Waals surface area contributed by atoms with Crippen molar-refractivity contribution in [2.75, 3.05) is 6.61 Å². The van der Waals surface area contributed by atoms with E-state index in [2.05, 4.69) is 9.97 Å². The smallest absolute Gasteiger partial charge is 0.300 e. The van der Waals surface area contributed by atoms with E-state index >= 15 is 0 Å². The predicted octanol–water partition coefficient (Wildman–Crippen LogP) is 1.69. The van der Waals surface area contributed by atoms with E-state index in [-0.39, 0.29) is 11.7 Å². The highest BCUT2D eigenvalue weighted by Gasteiger charge is 2.24. The van der Waals surface area contributed by atoms with E-state index in [4.69, 9.17) is 9.47 Å². The second-order valence-corrected chi connectivity index (χ2v) is 5.69. The number of rotatable bonds is 3. The second-order valence-electron chi connectivity index (χ2n) is 4.70. The SMILES string of the molecule is O=c1ccn2c(n1)O[C@H](COc1nc3ccccc3s1)C2. The third kappa shape index (κ3) is 2.36. The average Bonchev–Trinajstić information content (AvgIpc) is 3.07. The minimum atomic E-state index is -0.297. The molecule has 6 nitrogen and oxygen atoms in total. The van der Waals surface area contributed by atoms with Gasteiger partial charge in [-0.05, 0) is 12.1 Å². The molecule has 0 saturated heterocycles. The summed E-state index contributed by atoms with van der Waals surface area (Å²) in [6.45, 7) is 0.991. The van der Waals surface area contributed by atoms with E-state index in [0.717, 1.165) is 10.2 Å².